The monoisotopic (exact) mass is 400 g/mol. The molecule has 3 heterocycles. The molecule has 1 aromatic carbocycles. The Morgan fingerprint density at radius 1 is 1.11 bits per heavy atom. The molecular weight excluding hydrogens is 382 g/mol. The number of amides is 1. The van der Waals surface area contributed by atoms with Gasteiger partial charge in [0.1, 0.15) is 0 Å². The fourth-order valence-electron chi connectivity index (χ4n) is 3.18. The highest BCUT2D eigenvalue weighted by Gasteiger charge is 2.21. The maximum atomic E-state index is 13.4. The molecule has 1 amide bonds. The summed E-state index contributed by atoms with van der Waals surface area (Å²) in [6, 6.07) is 7.47. The van der Waals surface area contributed by atoms with Crippen molar-refractivity contribution in [3.8, 4) is 0 Å². The molecule has 1 N–H and O–H groups in total. The zero-order valence-electron chi connectivity index (χ0n) is 15.0. The number of nitrogens with zero attached hydrogens (tertiary/aromatic N) is 3. The van der Waals surface area contributed by atoms with Crippen LogP contribution in [0.2, 0.25) is 0 Å². The maximum Gasteiger partial charge on any atom is 0.284 e. The molecule has 0 atom stereocenters. The van der Waals surface area contributed by atoms with Crippen LogP contribution >= 0.6 is 11.3 Å². The maximum absolute atomic E-state index is 13.4. The van der Waals surface area contributed by atoms with Crippen LogP contribution in [0.1, 0.15) is 25.9 Å². The van der Waals surface area contributed by atoms with Crippen molar-refractivity contribution in [1.29, 1.82) is 0 Å². The molecule has 1 aliphatic heterocycles. The van der Waals surface area contributed by atoms with Gasteiger partial charge in [-0.15, -0.1) is 11.3 Å². The topological polar surface area (TPSA) is 58.1 Å². The van der Waals surface area contributed by atoms with Crippen molar-refractivity contribution in [1.82, 2.24) is 14.9 Å². The molecule has 5 nitrogen and oxygen atoms in total. The summed E-state index contributed by atoms with van der Waals surface area (Å²) in [6.45, 7) is 2.09. The van der Waals surface area contributed by atoms with E-state index in [1.807, 2.05) is 0 Å². The quantitative estimate of drug-likeness (QED) is 0.726. The largest absolute Gasteiger partial charge is 0.320 e. The molecule has 0 fully saturated rings. The van der Waals surface area contributed by atoms with Crippen LogP contribution in [0.4, 0.5) is 14.5 Å². The Morgan fingerprint density at radius 2 is 1.89 bits per heavy atom. The second-order valence-electron chi connectivity index (χ2n) is 6.60. The first-order chi connectivity index (χ1) is 13.6. The fourth-order valence-corrected chi connectivity index (χ4v) is 4.17. The van der Waals surface area contributed by atoms with Crippen molar-refractivity contribution in [2.75, 3.05) is 18.4 Å². The summed E-state index contributed by atoms with van der Waals surface area (Å²) >= 11 is 1.41. The molecule has 8 heteroatoms. The highest BCUT2D eigenvalue weighted by atomic mass is 32.1. The molecule has 0 bridgehead atoms. The van der Waals surface area contributed by atoms with Crippen LogP contribution in [-0.2, 0) is 19.4 Å². The number of fused-ring (bicyclic) bond motifs is 1. The van der Waals surface area contributed by atoms with Gasteiger partial charge in [0, 0.05) is 49.0 Å². The van der Waals surface area contributed by atoms with Crippen molar-refractivity contribution < 1.29 is 13.6 Å². The van der Waals surface area contributed by atoms with Crippen molar-refractivity contribution in [2.24, 2.45) is 0 Å². The molecule has 3 aromatic rings. The van der Waals surface area contributed by atoms with E-state index in [0.717, 1.165) is 48.1 Å². The lowest BCUT2D eigenvalue weighted by Gasteiger charge is -2.19. The number of nitrogens with one attached hydrogen (secondary N) is 1. The van der Waals surface area contributed by atoms with Crippen LogP contribution in [0.3, 0.4) is 0 Å². The minimum atomic E-state index is -0.830. The highest BCUT2D eigenvalue weighted by molar-refractivity contribution is 7.13. The number of anilines is 1. The molecule has 2 aromatic heterocycles. The van der Waals surface area contributed by atoms with Crippen LogP contribution in [-0.4, -0.2) is 33.9 Å². The van der Waals surface area contributed by atoms with Gasteiger partial charge in [-0.3, -0.25) is 14.7 Å². The zero-order valence-corrected chi connectivity index (χ0v) is 15.8. The SMILES string of the molecule is O=C(Nc1ccncc1)c1nc2c(s1)CCN(Cc1ccc(F)c(F)c1)CC2. The molecule has 1 aliphatic rings. The summed E-state index contributed by atoms with van der Waals surface area (Å²) in [5.74, 6) is -1.87. The lowest BCUT2D eigenvalue weighted by atomic mass is 10.2. The van der Waals surface area contributed by atoms with E-state index in [-0.39, 0.29) is 5.91 Å². The van der Waals surface area contributed by atoms with Crippen LogP contribution in [0, 0.1) is 11.6 Å². The Morgan fingerprint density at radius 3 is 2.68 bits per heavy atom. The number of rotatable bonds is 4. The van der Waals surface area contributed by atoms with E-state index in [9.17, 15) is 13.6 Å². The Hall–Kier alpha value is -2.71. The predicted molar refractivity (Wildman–Crippen MR) is 103 cm³/mol. The Bertz CT molecular complexity index is 968. The van der Waals surface area contributed by atoms with Crippen molar-refractivity contribution in [3.05, 3.63) is 75.5 Å². The van der Waals surface area contributed by atoms with Gasteiger partial charge in [-0.25, -0.2) is 13.8 Å². The number of halogens is 2. The van der Waals surface area contributed by atoms with E-state index in [0.29, 0.717) is 17.2 Å². The second-order valence-corrected chi connectivity index (χ2v) is 7.69. The lowest BCUT2D eigenvalue weighted by molar-refractivity contribution is 0.102. The number of carbonyl (C=O) groups excluding carboxylic acids is 1. The van der Waals surface area contributed by atoms with Gasteiger partial charge in [-0.05, 0) is 36.2 Å². The van der Waals surface area contributed by atoms with E-state index >= 15 is 0 Å². The number of thiazole rings is 1. The summed E-state index contributed by atoms with van der Waals surface area (Å²) in [6.07, 6.45) is 4.74. The molecule has 0 saturated heterocycles. The Kier molecular flexibility index (Phi) is 5.40. The van der Waals surface area contributed by atoms with Gasteiger partial charge >= 0.3 is 0 Å². The smallest absolute Gasteiger partial charge is 0.284 e. The number of hydrogen-bond donors (Lipinski definition) is 1. The summed E-state index contributed by atoms with van der Waals surface area (Å²) < 4.78 is 26.5. The summed E-state index contributed by atoms with van der Waals surface area (Å²) in [5, 5.41) is 3.28. The Labute approximate surface area is 165 Å². The van der Waals surface area contributed by atoms with Crippen LogP contribution in [0.5, 0.6) is 0 Å². The number of pyridine rings is 1. The van der Waals surface area contributed by atoms with E-state index in [2.05, 4.69) is 20.2 Å². The van der Waals surface area contributed by atoms with E-state index in [1.165, 1.54) is 17.4 Å². The second kappa shape index (κ2) is 8.12. The molecule has 0 saturated carbocycles. The molecular formula is C20H18F2N4OS. The van der Waals surface area contributed by atoms with Crippen molar-refractivity contribution in [3.63, 3.8) is 0 Å². The summed E-state index contributed by atoms with van der Waals surface area (Å²) in [7, 11) is 0. The molecule has 0 unspecified atom stereocenters. The normalized spacial score (nSPS) is 14.4. The first-order valence-electron chi connectivity index (χ1n) is 8.95. The summed E-state index contributed by atoms with van der Waals surface area (Å²) in [4.78, 5) is 24.2. The van der Waals surface area contributed by atoms with Gasteiger partial charge in [0.05, 0.1) is 5.69 Å². The third-order valence-electron chi connectivity index (χ3n) is 4.62. The third kappa shape index (κ3) is 4.23. The lowest BCUT2D eigenvalue weighted by Crippen LogP contribution is -2.26. The van der Waals surface area contributed by atoms with E-state index < -0.39 is 11.6 Å². The number of aromatic nitrogens is 2. The van der Waals surface area contributed by atoms with Crippen molar-refractivity contribution in [2.45, 2.75) is 19.4 Å². The first-order valence-corrected chi connectivity index (χ1v) is 9.76. The van der Waals surface area contributed by atoms with Gasteiger partial charge in [0.15, 0.2) is 16.6 Å². The van der Waals surface area contributed by atoms with Crippen LogP contribution in [0.15, 0.2) is 42.7 Å². The average Bonchev–Trinajstić information content (AvgIpc) is 3.02. The van der Waals surface area contributed by atoms with Gasteiger partial charge in [0.2, 0.25) is 0 Å². The third-order valence-corrected chi connectivity index (χ3v) is 5.78. The highest BCUT2D eigenvalue weighted by Crippen LogP contribution is 2.24. The van der Waals surface area contributed by atoms with Gasteiger partial charge < -0.3 is 5.32 Å². The van der Waals surface area contributed by atoms with Crippen molar-refractivity contribution >= 4 is 22.9 Å². The van der Waals surface area contributed by atoms with Crippen LogP contribution in [0.25, 0.3) is 0 Å². The minimum Gasteiger partial charge on any atom is -0.320 e. The minimum absolute atomic E-state index is 0.220. The molecule has 28 heavy (non-hydrogen) atoms. The molecule has 0 radical (unpaired) electrons. The molecule has 144 valence electrons. The van der Waals surface area contributed by atoms with Gasteiger partial charge in [0.25, 0.3) is 5.91 Å². The number of carbonyl (C=O) groups is 1. The number of benzene rings is 1. The van der Waals surface area contributed by atoms with Crippen LogP contribution < -0.4 is 5.32 Å². The fraction of sp³-hybridized carbons (Fsp3) is 0.250. The van der Waals surface area contributed by atoms with E-state index in [1.54, 1.807) is 30.6 Å². The van der Waals surface area contributed by atoms with E-state index in [4.69, 9.17) is 0 Å². The standard InChI is InChI=1S/C20H18F2N4OS/c21-15-2-1-13(11-16(15)22)12-26-9-5-17-18(6-10-26)28-20(25-17)19(27)24-14-3-7-23-8-4-14/h1-4,7-8,11H,5-6,9-10,12H2,(H,23,24,27). The first kappa shape index (κ1) is 18.6. The molecule has 0 aliphatic carbocycles. The summed E-state index contributed by atoms with van der Waals surface area (Å²) in [5.41, 5.74) is 2.37. The number of hydrogen-bond acceptors (Lipinski definition) is 5. The Balaban J connectivity index is 1.39. The average molecular weight is 400 g/mol. The van der Waals surface area contributed by atoms with Gasteiger partial charge in [-0.1, -0.05) is 6.07 Å². The molecule has 0 spiro atoms. The zero-order chi connectivity index (χ0) is 19.5. The molecule has 4 rings (SSSR count). The van der Waals surface area contributed by atoms with Gasteiger partial charge in [-0.2, -0.15) is 0 Å². The predicted octanol–water partition coefficient (Wildman–Crippen LogP) is 3.67.